The summed E-state index contributed by atoms with van der Waals surface area (Å²) in [5.74, 6) is -0.136. The van der Waals surface area contributed by atoms with Crippen LogP contribution in [0.3, 0.4) is 0 Å². The number of carbonyl (C=O) groups excluding carboxylic acids is 1. The topological polar surface area (TPSA) is 60.2 Å². The molecule has 140 valence electrons. The van der Waals surface area contributed by atoms with Gasteiger partial charge >= 0.3 is 0 Å². The van der Waals surface area contributed by atoms with E-state index in [1.165, 1.54) is 24.5 Å². The third-order valence-electron chi connectivity index (χ3n) is 4.28. The maximum Gasteiger partial charge on any atom is 0.260 e. The Labute approximate surface area is 164 Å². The average molecular weight is 433 g/mol. The molecule has 1 unspecified atom stereocenters. The van der Waals surface area contributed by atoms with E-state index in [0.717, 1.165) is 11.3 Å². The molecule has 0 saturated carbocycles. The number of hydrogen-bond donors (Lipinski definition) is 0. The van der Waals surface area contributed by atoms with Crippen LogP contribution in [0.25, 0.3) is 5.69 Å². The van der Waals surface area contributed by atoms with Crippen LogP contribution in [0.4, 0.5) is 4.39 Å². The molecule has 0 spiro atoms. The normalized spacial score (nSPS) is 11.9. The van der Waals surface area contributed by atoms with Crippen molar-refractivity contribution in [3.8, 4) is 11.4 Å². The number of ether oxygens (including phenoxy) is 1. The van der Waals surface area contributed by atoms with Gasteiger partial charge in [0, 0.05) is 7.05 Å². The largest absolute Gasteiger partial charge is 0.483 e. The lowest BCUT2D eigenvalue weighted by atomic mass is 10.1. The molecule has 0 fully saturated rings. The predicted molar refractivity (Wildman–Crippen MR) is 102 cm³/mol. The van der Waals surface area contributed by atoms with Gasteiger partial charge in [-0.2, -0.15) is 5.10 Å². The molecule has 3 aromatic rings. The van der Waals surface area contributed by atoms with Crippen molar-refractivity contribution < 1.29 is 13.9 Å². The van der Waals surface area contributed by atoms with E-state index in [2.05, 4.69) is 26.0 Å². The monoisotopic (exact) mass is 432 g/mol. The lowest BCUT2D eigenvalue weighted by Gasteiger charge is -2.25. The van der Waals surface area contributed by atoms with Gasteiger partial charge in [-0.05, 0) is 58.7 Å². The molecule has 0 aliphatic carbocycles. The van der Waals surface area contributed by atoms with Crippen LogP contribution >= 0.6 is 15.9 Å². The molecule has 1 aromatic heterocycles. The summed E-state index contributed by atoms with van der Waals surface area (Å²) in [6, 6.07) is 11.7. The maximum atomic E-state index is 13.1. The van der Waals surface area contributed by atoms with Crippen LogP contribution in [0.2, 0.25) is 0 Å². The lowest BCUT2D eigenvalue weighted by molar-refractivity contribution is -0.134. The Hall–Kier alpha value is -2.74. The van der Waals surface area contributed by atoms with E-state index in [9.17, 15) is 9.18 Å². The Morgan fingerprint density at radius 3 is 2.67 bits per heavy atom. The number of rotatable bonds is 6. The van der Waals surface area contributed by atoms with Crippen LogP contribution < -0.4 is 4.74 Å². The smallest absolute Gasteiger partial charge is 0.260 e. The van der Waals surface area contributed by atoms with Gasteiger partial charge in [-0.25, -0.2) is 14.1 Å². The number of carbonyl (C=O) groups is 1. The molecule has 6 nitrogen and oxygen atoms in total. The minimum absolute atomic E-state index is 0.137. The fourth-order valence-electron chi connectivity index (χ4n) is 2.52. The van der Waals surface area contributed by atoms with Crippen molar-refractivity contribution in [3.63, 3.8) is 0 Å². The first kappa shape index (κ1) is 19.0. The van der Waals surface area contributed by atoms with E-state index in [1.54, 1.807) is 23.0 Å². The molecule has 0 saturated heterocycles. The van der Waals surface area contributed by atoms with E-state index in [4.69, 9.17) is 4.74 Å². The van der Waals surface area contributed by atoms with Crippen molar-refractivity contribution in [2.24, 2.45) is 0 Å². The molecular formula is C19H18BrFN4O2. The summed E-state index contributed by atoms with van der Waals surface area (Å²) < 4.78 is 20.8. The van der Waals surface area contributed by atoms with E-state index < -0.39 is 0 Å². The van der Waals surface area contributed by atoms with Crippen LogP contribution in [-0.4, -0.2) is 39.2 Å². The molecule has 1 atom stereocenters. The highest BCUT2D eigenvalue weighted by Gasteiger charge is 2.18. The van der Waals surface area contributed by atoms with Gasteiger partial charge in [0.05, 0.1) is 16.2 Å². The van der Waals surface area contributed by atoms with Crippen molar-refractivity contribution >= 4 is 21.8 Å². The molecule has 1 amide bonds. The predicted octanol–water partition coefficient (Wildman–Crippen LogP) is 3.77. The summed E-state index contributed by atoms with van der Waals surface area (Å²) in [5, 5.41) is 4.09. The number of halogens is 2. The van der Waals surface area contributed by atoms with Gasteiger partial charge in [0.2, 0.25) is 0 Å². The quantitative estimate of drug-likeness (QED) is 0.594. The SMILES string of the molecule is CC(c1ccc(-n2cncn2)cc1)N(C)C(=O)COc1ccc(F)cc1Br. The number of amides is 1. The summed E-state index contributed by atoms with van der Waals surface area (Å²) in [6.45, 7) is 1.80. The number of nitrogens with zero attached hydrogens (tertiary/aromatic N) is 4. The molecule has 2 aromatic carbocycles. The number of hydrogen-bond acceptors (Lipinski definition) is 4. The summed E-state index contributed by atoms with van der Waals surface area (Å²) in [4.78, 5) is 18.0. The van der Waals surface area contributed by atoms with Crippen molar-refractivity contribution in [1.82, 2.24) is 19.7 Å². The molecule has 27 heavy (non-hydrogen) atoms. The maximum absolute atomic E-state index is 13.1. The summed E-state index contributed by atoms with van der Waals surface area (Å²) in [7, 11) is 1.72. The summed E-state index contributed by atoms with van der Waals surface area (Å²) in [6.07, 6.45) is 3.10. The molecule has 0 N–H and O–H groups in total. The Kier molecular flexibility index (Phi) is 5.85. The second kappa shape index (κ2) is 8.30. The number of aromatic nitrogens is 3. The Bertz CT molecular complexity index is 916. The van der Waals surface area contributed by atoms with Gasteiger partial charge in [-0.1, -0.05) is 12.1 Å². The van der Waals surface area contributed by atoms with Gasteiger partial charge in [-0.15, -0.1) is 0 Å². The zero-order valence-electron chi connectivity index (χ0n) is 14.8. The van der Waals surface area contributed by atoms with Gasteiger partial charge in [-0.3, -0.25) is 4.79 Å². The fraction of sp³-hybridized carbons (Fsp3) is 0.211. The third-order valence-corrected chi connectivity index (χ3v) is 4.90. The second-order valence-electron chi connectivity index (χ2n) is 5.98. The third kappa shape index (κ3) is 4.51. The van der Waals surface area contributed by atoms with Gasteiger partial charge in [0.1, 0.15) is 24.2 Å². The van der Waals surface area contributed by atoms with Crippen molar-refractivity contribution in [2.75, 3.05) is 13.7 Å². The zero-order valence-corrected chi connectivity index (χ0v) is 16.4. The molecule has 8 heteroatoms. The lowest BCUT2D eigenvalue weighted by Crippen LogP contribution is -2.33. The van der Waals surface area contributed by atoms with Crippen LogP contribution in [0, 0.1) is 5.82 Å². The summed E-state index contributed by atoms with van der Waals surface area (Å²) in [5.41, 5.74) is 1.87. The van der Waals surface area contributed by atoms with Gasteiger partial charge < -0.3 is 9.64 Å². The highest BCUT2D eigenvalue weighted by Crippen LogP contribution is 2.26. The number of benzene rings is 2. The van der Waals surface area contributed by atoms with Crippen molar-refractivity contribution in [1.29, 1.82) is 0 Å². The molecular weight excluding hydrogens is 415 g/mol. The van der Waals surface area contributed by atoms with E-state index >= 15 is 0 Å². The fourth-order valence-corrected chi connectivity index (χ4v) is 2.99. The highest BCUT2D eigenvalue weighted by atomic mass is 79.9. The molecule has 0 radical (unpaired) electrons. The molecule has 3 rings (SSSR count). The summed E-state index contributed by atoms with van der Waals surface area (Å²) >= 11 is 3.22. The second-order valence-corrected chi connectivity index (χ2v) is 6.83. The van der Waals surface area contributed by atoms with E-state index in [1.807, 2.05) is 31.2 Å². The Morgan fingerprint density at radius 2 is 2.04 bits per heavy atom. The molecule has 0 aliphatic rings. The number of likely N-dealkylation sites (N-methyl/N-ethyl adjacent to an activating group) is 1. The zero-order chi connectivity index (χ0) is 19.4. The first-order chi connectivity index (χ1) is 13.0. The Morgan fingerprint density at radius 1 is 1.30 bits per heavy atom. The minimum atomic E-state index is -0.374. The van der Waals surface area contributed by atoms with Crippen LogP contribution in [0.1, 0.15) is 18.5 Å². The van der Waals surface area contributed by atoms with Crippen LogP contribution in [0.5, 0.6) is 5.75 Å². The van der Waals surface area contributed by atoms with E-state index in [-0.39, 0.29) is 24.4 Å². The molecule has 0 bridgehead atoms. The van der Waals surface area contributed by atoms with Gasteiger partial charge in [0.25, 0.3) is 5.91 Å². The van der Waals surface area contributed by atoms with Crippen molar-refractivity contribution in [2.45, 2.75) is 13.0 Å². The molecule has 1 heterocycles. The Balaban J connectivity index is 1.62. The first-order valence-electron chi connectivity index (χ1n) is 8.24. The van der Waals surface area contributed by atoms with Crippen LogP contribution in [-0.2, 0) is 4.79 Å². The van der Waals surface area contributed by atoms with Crippen LogP contribution in [0.15, 0.2) is 59.6 Å². The average Bonchev–Trinajstić information content (AvgIpc) is 3.21. The van der Waals surface area contributed by atoms with Gasteiger partial charge in [0.15, 0.2) is 6.61 Å². The first-order valence-corrected chi connectivity index (χ1v) is 9.03. The highest BCUT2D eigenvalue weighted by molar-refractivity contribution is 9.10. The van der Waals surface area contributed by atoms with E-state index in [0.29, 0.717) is 10.2 Å². The minimum Gasteiger partial charge on any atom is -0.483 e. The van der Waals surface area contributed by atoms with Crippen molar-refractivity contribution in [3.05, 3.63) is 71.0 Å². The molecule has 0 aliphatic heterocycles. The standard InChI is InChI=1S/C19H18BrFN4O2/c1-13(14-3-6-16(7-4-14)25-12-22-11-23-25)24(2)19(26)10-27-18-8-5-15(21)9-17(18)20/h3-9,11-13H,10H2,1-2H3.